The van der Waals surface area contributed by atoms with E-state index in [1.54, 1.807) is 6.26 Å². The van der Waals surface area contributed by atoms with Crippen LogP contribution in [0.15, 0.2) is 28.9 Å². The number of nitrogens with zero attached hydrogens (tertiary/aromatic N) is 1. The second-order valence-electron chi connectivity index (χ2n) is 3.91. The highest BCUT2D eigenvalue weighted by atomic mass is 16.3. The van der Waals surface area contributed by atoms with Crippen LogP contribution in [0.5, 0.6) is 0 Å². The Hall–Kier alpha value is -1.55. The molecule has 1 fully saturated rings. The van der Waals surface area contributed by atoms with Gasteiger partial charge >= 0.3 is 0 Å². The second kappa shape index (κ2) is 3.55. The molecule has 4 heteroatoms. The van der Waals surface area contributed by atoms with Crippen molar-refractivity contribution in [3.63, 3.8) is 0 Å². The predicted octanol–water partition coefficient (Wildman–Crippen LogP) is 1.92. The Morgan fingerprint density at radius 1 is 1.53 bits per heavy atom. The minimum atomic E-state index is 0.723. The van der Waals surface area contributed by atoms with E-state index in [2.05, 4.69) is 15.5 Å². The Bertz CT molecular complexity index is 428. The fourth-order valence-electron chi connectivity index (χ4n) is 1.54. The minimum absolute atomic E-state index is 0.723. The van der Waals surface area contributed by atoms with Gasteiger partial charge in [0.1, 0.15) is 5.69 Å². The molecule has 0 bridgehead atoms. The maximum atomic E-state index is 5.27. The third-order valence-electron chi connectivity index (χ3n) is 2.56. The second-order valence-corrected chi connectivity index (χ2v) is 3.91. The lowest BCUT2D eigenvalue weighted by Crippen LogP contribution is -2.15. The average molecular weight is 203 g/mol. The molecule has 2 aromatic rings. The number of aromatic nitrogens is 2. The Morgan fingerprint density at radius 3 is 3.20 bits per heavy atom. The summed E-state index contributed by atoms with van der Waals surface area (Å²) < 4.78 is 5.27. The van der Waals surface area contributed by atoms with Crippen LogP contribution in [0, 0.1) is 0 Å². The molecule has 0 atom stereocenters. The fourth-order valence-corrected chi connectivity index (χ4v) is 1.54. The van der Waals surface area contributed by atoms with Gasteiger partial charge in [0.2, 0.25) is 0 Å². The van der Waals surface area contributed by atoms with E-state index in [0.29, 0.717) is 0 Å². The van der Waals surface area contributed by atoms with Crippen LogP contribution in [0.4, 0.5) is 0 Å². The molecule has 2 N–H and O–H groups in total. The molecule has 1 saturated carbocycles. The van der Waals surface area contributed by atoms with Crippen LogP contribution in [0.3, 0.4) is 0 Å². The van der Waals surface area contributed by atoms with Gasteiger partial charge < -0.3 is 9.73 Å². The van der Waals surface area contributed by atoms with Crippen molar-refractivity contribution in [2.24, 2.45) is 0 Å². The number of rotatable bonds is 4. The molecule has 3 rings (SSSR count). The van der Waals surface area contributed by atoms with Gasteiger partial charge in [-0.2, -0.15) is 5.10 Å². The normalized spacial score (nSPS) is 15.7. The van der Waals surface area contributed by atoms with Crippen LogP contribution in [0.2, 0.25) is 0 Å². The quantitative estimate of drug-likeness (QED) is 0.798. The Morgan fingerprint density at radius 2 is 2.47 bits per heavy atom. The van der Waals surface area contributed by atoms with Crippen molar-refractivity contribution >= 4 is 0 Å². The maximum Gasteiger partial charge on any atom is 0.154 e. The lowest BCUT2D eigenvalue weighted by Gasteiger charge is -1.97. The molecular formula is C11H13N3O. The molecule has 0 saturated heterocycles. The van der Waals surface area contributed by atoms with Gasteiger partial charge in [0.25, 0.3) is 0 Å². The zero-order valence-electron chi connectivity index (χ0n) is 8.36. The third-order valence-corrected chi connectivity index (χ3v) is 2.56. The van der Waals surface area contributed by atoms with Crippen molar-refractivity contribution in [2.75, 3.05) is 0 Å². The first-order valence-electron chi connectivity index (χ1n) is 5.23. The summed E-state index contributed by atoms with van der Waals surface area (Å²) in [5, 5.41) is 10.6. The first-order valence-corrected chi connectivity index (χ1v) is 5.23. The van der Waals surface area contributed by atoms with Crippen LogP contribution < -0.4 is 5.32 Å². The zero-order valence-corrected chi connectivity index (χ0v) is 8.36. The SMILES string of the molecule is c1coc(-c2cc(CNC3CC3)[nH]n2)c1. The lowest BCUT2D eigenvalue weighted by atomic mass is 10.3. The largest absolute Gasteiger partial charge is 0.463 e. The van der Waals surface area contributed by atoms with E-state index in [0.717, 1.165) is 29.7 Å². The van der Waals surface area contributed by atoms with E-state index in [1.165, 1.54) is 12.8 Å². The summed E-state index contributed by atoms with van der Waals surface area (Å²) in [6.45, 7) is 0.859. The number of aromatic amines is 1. The number of nitrogens with one attached hydrogen (secondary N) is 2. The summed E-state index contributed by atoms with van der Waals surface area (Å²) in [6.07, 6.45) is 4.27. The van der Waals surface area contributed by atoms with Crippen molar-refractivity contribution in [1.82, 2.24) is 15.5 Å². The topological polar surface area (TPSA) is 53.9 Å². The molecule has 0 spiro atoms. The summed E-state index contributed by atoms with van der Waals surface area (Å²) in [7, 11) is 0. The van der Waals surface area contributed by atoms with Crippen LogP contribution in [-0.4, -0.2) is 16.2 Å². The monoisotopic (exact) mass is 203 g/mol. The number of hydrogen-bond acceptors (Lipinski definition) is 3. The first-order chi connectivity index (χ1) is 7.42. The van der Waals surface area contributed by atoms with Crippen LogP contribution in [0.1, 0.15) is 18.5 Å². The summed E-state index contributed by atoms with van der Waals surface area (Å²) >= 11 is 0. The van der Waals surface area contributed by atoms with Gasteiger partial charge in [-0.25, -0.2) is 0 Å². The number of furan rings is 1. The van der Waals surface area contributed by atoms with E-state index in [4.69, 9.17) is 4.42 Å². The molecule has 4 nitrogen and oxygen atoms in total. The molecule has 2 aromatic heterocycles. The van der Waals surface area contributed by atoms with Crippen molar-refractivity contribution < 1.29 is 4.42 Å². The third kappa shape index (κ3) is 1.94. The predicted molar refractivity (Wildman–Crippen MR) is 56.2 cm³/mol. The molecule has 1 aliphatic rings. The Balaban J connectivity index is 1.69. The molecule has 15 heavy (non-hydrogen) atoms. The summed E-state index contributed by atoms with van der Waals surface area (Å²) in [5.41, 5.74) is 1.97. The van der Waals surface area contributed by atoms with E-state index in [1.807, 2.05) is 18.2 Å². The van der Waals surface area contributed by atoms with Crippen LogP contribution >= 0.6 is 0 Å². The van der Waals surface area contributed by atoms with Crippen molar-refractivity contribution in [3.8, 4) is 11.5 Å². The lowest BCUT2D eigenvalue weighted by molar-refractivity contribution is 0.580. The highest BCUT2D eigenvalue weighted by molar-refractivity contribution is 5.51. The molecule has 0 aromatic carbocycles. The van der Waals surface area contributed by atoms with Gasteiger partial charge in [0.15, 0.2) is 5.76 Å². The van der Waals surface area contributed by atoms with E-state index in [-0.39, 0.29) is 0 Å². The van der Waals surface area contributed by atoms with Crippen molar-refractivity contribution in [3.05, 3.63) is 30.2 Å². The standard InChI is InChI=1S/C11H13N3O/c1-2-11(15-5-1)10-6-9(13-14-10)7-12-8-3-4-8/h1-2,5-6,8,12H,3-4,7H2,(H,13,14). The molecule has 0 amide bonds. The highest BCUT2D eigenvalue weighted by Crippen LogP contribution is 2.20. The molecule has 0 radical (unpaired) electrons. The van der Waals surface area contributed by atoms with Crippen LogP contribution in [-0.2, 0) is 6.54 Å². The maximum absolute atomic E-state index is 5.27. The van der Waals surface area contributed by atoms with Gasteiger partial charge in [-0.15, -0.1) is 0 Å². The van der Waals surface area contributed by atoms with Gasteiger partial charge in [-0.3, -0.25) is 5.10 Å². The molecule has 78 valence electrons. The summed E-state index contributed by atoms with van der Waals surface area (Å²) in [6, 6.07) is 6.52. The van der Waals surface area contributed by atoms with Gasteiger partial charge in [0.05, 0.1) is 6.26 Å². The number of H-pyrrole nitrogens is 1. The highest BCUT2D eigenvalue weighted by Gasteiger charge is 2.20. The Kier molecular flexibility index (Phi) is 2.07. The van der Waals surface area contributed by atoms with Crippen molar-refractivity contribution in [1.29, 1.82) is 0 Å². The molecule has 2 heterocycles. The summed E-state index contributed by atoms with van der Waals surface area (Å²) in [4.78, 5) is 0. The van der Waals surface area contributed by atoms with Gasteiger partial charge in [-0.1, -0.05) is 0 Å². The van der Waals surface area contributed by atoms with E-state index < -0.39 is 0 Å². The minimum Gasteiger partial charge on any atom is -0.463 e. The molecule has 0 unspecified atom stereocenters. The molecular weight excluding hydrogens is 190 g/mol. The van der Waals surface area contributed by atoms with Gasteiger partial charge in [-0.05, 0) is 31.0 Å². The fraction of sp³-hybridized carbons (Fsp3) is 0.364. The van der Waals surface area contributed by atoms with Crippen LogP contribution in [0.25, 0.3) is 11.5 Å². The average Bonchev–Trinajstić information content (AvgIpc) is 2.78. The Labute approximate surface area is 87.7 Å². The zero-order chi connectivity index (χ0) is 10.1. The van der Waals surface area contributed by atoms with Crippen molar-refractivity contribution in [2.45, 2.75) is 25.4 Å². The summed E-state index contributed by atoms with van der Waals surface area (Å²) in [5.74, 6) is 0.809. The number of hydrogen-bond donors (Lipinski definition) is 2. The molecule has 1 aliphatic carbocycles. The van der Waals surface area contributed by atoms with E-state index in [9.17, 15) is 0 Å². The first kappa shape index (κ1) is 8.73. The van der Waals surface area contributed by atoms with Gasteiger partial charge in [0, 0.05) is 18.3 Å². The molecule has 0 aliphatic heterocycles. The van der Waals surface area contributed by atoms with E-state index >= 15 is 0 Å². The smallest absolute Gasteiger partial charge is 0.154 e.